The number of hydrogen-bond donors (Lipinski definition) is 0. The van der Waals surface area contributed by atoms with E-state index in [0.717, 1.165) is 51.6 Å². The number of rotatable bonds is 9. The van der Waals surface area contributed by atoms with Gasteiger partial charge in [-0.1, -0.05) is 30.0 Å². The Morgan fingerprint density at radius 3 is 2.55 bits per heavy atom. The van der Waals surface area contributed by atoms with Gasteiger partial charge in [-0.2, -0.15) is 0 Å². The average molecular weight is 433 g/mol. The second-order valence-electron chi connectivity index (χ2n) is 6.72. The van der Waals surface area contributed by atoms with E-state index in [1.54, 1.807) is 18.9 Å². The summed E-state index contributed by atoms with van der Waals surface area (Å²) >= 11 is 1.66. The fourth-order valence-electron chi connectivity index (χ4n) is 3.20. The Hall–Kier alpha value is -3.32. The van der Waals surface area contributed by atoms with E-state index in [-0.39, 0.29) is 0 Å². The standard InChI is InChI=1S/C24H24N4O2S/c1-3-30-21-12-10-20(11-13-21)28-23(18-7-6-9-22(17-18)29-2)26-27-24(28)31-16-14-19-8-4-5-15-25-19/h4-13,15,17H,3,14,16H2,1-2H3. The van der Waals surface area contributed by atoms with Crippen LogP contribution in [-0.4, -0.2) is 39.2 Å². The molecule has 158 valence electrons. The van der Waals surface area contributed by atoms with Gasteiger partial charge >= 0.3 is 0 Å². The van der Waals surface area contributed by atoms with Gasteiger partial charge in [-0.25, -0.2) is 0 Å². The third kappa shape index (κ3) is 5.06. The van der Waals surface area contributed by atoms with Crippen LogP contribution in [0.15, 0.2) is 78.1 Å². The highest BCUT2D eigenvalue weighted by molar-refractivity contribution is 7.99. The zero-order valence-electron chi connectivity index (χ0n) is 17.6. The van der Waals surface area contributed by atoms with Crippen LogP contribution in [0.25, 0.3) is 17.1 Å². The molecule has 0 saturated carbocycles. The van der Waals surface area contributed by atoms with Crippen molar-refractivity contribution in [3.8, 4) is 28.6 Å². The van der Waals surface area contributed by atoms with Gasteiger partial charge in [-0.3, -0.25) is 9.55 Å². The molecule has 0 aliphatic carbocycles. The molecule has 4 rings (SSSR count). The second-order valence-corrected chi connectivity index (χ2v) is 7.78. The summed E-state index contributed by atoms with van der Waals surface area (Å²) in [5.41, 5.74) is 2.99. The molecule has 2 aromatic carbocycles. The summed E-state index contributed by atoms with van der Waals surface area (Å²) in [5, 5.41) is 9.84. The van der Waals surface area contributed by atoms with Crippen LogP contribution >= 0.6 is 11.8 Å². The van der Waals surface area contributed by atoms with Crippen molar-refractivity contribution in [1.29, 1.82) is 0 Å². The fourth-order valence-corrected chi connectivity index (χ4v) is 4.11. The fraction of sp³-hybridized carbons (Fsp3) is 0.208. The highest BCUT2D eigenvalue weighted by Gasteiger charge is 2.17. The molecule has 0 N–H and O–H groups in total. The Morgan fingerprint density at radius 2 is 1.81 bits per heavy atom. The lowest BCUT2D eigenvalue weighted by Crippen LogP contribution is -2.01. The van der Waals surface area contributed by atoms with Gasteiger partial charge in [0.25, 0.3) is 0 Å². The predicted octanol–water partition coefficient (Wildman–Crippen LogP) is 5.07. The van der Waals surface area contributed by atoms with Crippen molar-refractivity contribution in [2.75, 3.05) is 19.5 Å². The van der Waals surface area contributed by atoms with E-state index in [1.807, 2.05) is 79.9 Å². The summed E-state index contributed by atoms with van der Waals surface area (Å²) in [6.07, 6.45) is 2.68. The van der Waals surface area contributed by atoms with Gasteiger partial charge in [-0.05, 0) is 61.9 Å². The zero-order chi connectivity index (χ0) is 21.5. The highest BCUT2D eigenvalue weighted by atomic mass is 32.2. The molecule has 0 spiro atoms. The lowest BCUT2D eigenvalue weighted by molar-refractivity contribution is 0.340. The Labute approximate surface area is 186 Å². The van der Waals surface area contributed by atoms with Crippen molar-refractivity contribution < 1.29 is 9.47 Å². The summed E-state index contributed by atoms with van der Waals surface area (Å²) in [4.78, 5) is 4.41. The molecule has 0 amide bonds. The maximum Gasteiger partial charge on any atom is 0.196 e. The molecule has 0 bridgehead atoms. The number of aromatic nitrogens is 4. The Morgan fingerprint density at radius 1 is 0.935 bits per heavy atom. The molecule has 2 aromatic heterocycles. The van der Waals surface area contributed by atoms with Crippen LogP contribution in [0.3, 0.4) is 0 Å². The molecule has 0 aliphatic rings. The normalized spacial score (nSPS) is 10.8. The molecule has 31 heavy (non-hydrogen) atoms. The predicted molar refractivity (Wildman–Crippen MR) is 123 cm³/mol. The van der Waals surface area contributed by atoms with Crippen molar-refractivity contribution in [1.82, 2.24) is 19.7 Å². The van der Waals surface area contributed by atoms with E-state index in [1.165, 1.54) is 0 Å². The molecule has 7 heteroatoms. The van der Waals surface area contributed by atoms with Crippen LogP contribution in [0.2, 0.25) is 0 Å². The van der Waals surface area contributed by atoms with Crippen LogP contribution in [0, 0.1) is 0 Å². The van der Waals surface area contributed by atoms with Crippen molar-refractivity contribution in [3.05, 3.63) is 78.6 Å². The molecular formula is C24H24N4O2S. The topological polar surface area (TPSA) is 62.1 Å². The molecular weight excluding hydrogens is 408 g/mol. The molecule has 2 heterocycles. The van der Waals surface area contributed by atoms with Crippen molar-refractivity contribution in [3.63, 3.8) is 0 Å². The van der Waals surface area contributed by atoms with E-state index >= 15 is 0 Å². The van der Waals surface area contributed by atoms with Crippen molar-refractivity contribution in [2.24, 2.45) is 0 Å². The molecule has 0 atom stereocenters. The lowest BCUT2D eigenvalue weighted by atomic mass is 10.2. The first-order valence-corrected chi connectivity index (χ1v) is 11.1. The Kier molecular flexibility index (Phi) is 6.84. The van der Waals surface area contributed by atoms with E-state index in [9.17, 15) is 0 Å². The largest absolute Gasteiger partial charge is 0.497 e. The van der Waals surface area contributed by atoms with E-state index in [2.05, 4.69) is 19.7 Å². The van der Waals surface area contributed by atoms with Crippen molar-refractivity contribution >= 4 is 11.8 Å². The van der Waals surface area contributed by atoms with E-state index in [0.29, 0.717) is 6.61 Å². The maximum absolute atomic E-state index is 5.60. The van der Waals surface area contributed by atoms with Gasteiger partial charge in [0.2, 0.25) is 0 Å². The van der Waals surface area contributed by atoms with Gasteiger partial charge in [0.15, 0.2) is 11.0 Å². The number of thioether (sulfide) groups is 1. The quantitative estimate of drug-likeness (QED) is 0.344. The van der Waals surface area contributed by atoms with Crippen LogP contribution < -0.4 is 9.47 Å². The number of pyridine rings is 1. The Balaban J connectivity index is 1.66. The monoisotopic (exact) mass is 432 g/mol. The number of ether oxygens (including phenoxy) is 2. The average Bonchev–Trinajstić information content (AvgIpc) is 3.24. The van der Waals surface area contributed by atoms with Crippen LogP contribution in [-0.2, 0) is 6.42 Å². The van der Waals surface area contributed by atoms with Crippen LogP contribution in [0.1, 0.15) is 12.6 Å². The first kappa shape index (κ1) is 20.9. The minimum absolute atomic E-state index is 0.635. The molecule has 0 radical (unpaired) electrons. The maximum atomic E-state index is 5.60. The van der Waals surface area contributed by atoms with E-state index < -0.39 is 0 Å². The first-order valence-electron chi connectivity index (χ1n) is 10.1. The summed E-state index contributed by atoms with van der Waals surface area (Å²) in [7, 11) is 1.66. The van der Waals surface area contributed by atoms with Gasteiger partial charge < -0.3 is 9.47 Å². The molecule has 4 aromatic rings. The van der Waals surface area contributed by atoms with Gasteiger partial charge in [0.1, 0.15) is 11.5 Å². The van der Waals surface area contributed by atoms with Gasteiger partial charge in [0, 0.05) is 28.9 Å². The third-order valence-electron chi connectivity index (χ3n) is 4.68. The minimum Gasteiger partial charge on any atom is -0.497 e. The SMILES string of the molecule is CCOc1ccc(-n2c(SCCc3ccccn3)nnc2-c2cccc(OC)c2)cc1. The summed E-state index contributed by atoms with van der Waals surface area (Å²) < 4.78 is 13.1. The number of benzene rings is 2. The summed E-state index contributed by atoms with van der Waals surface area (Å²) in [6, 6.07) is 21.8. The van der Waals surface area contributed by atoms with Crippen LogP contribution in [0.4, 0.5) is 0 Å². The van der Waals surface area contributed by atoms with Gasteiger partial charge in [-0.15, -0.1) is 10.2 Å². The smallest absolute Gasteiger partial charge is 0.196 e. The molecule has 0 fully saturated rings. The highest BCUT2D eigenvalue weighted by Crippen LogP contribution is 2.30. The lowest BCUT2D eigenvalue weighted by Gasteiger charge is -2.12. The van der Waals surface area contributed by atoms with E-state index in [4.69, 9.17) is 9.47 Å². The number of hydrogen-bond acceptors (Lipinski definition) is 6. The molecule has 0 aliphatic heterocycles. The summed E-state index contributed by atoms with van der Waals surface area (Å²) in [5.74, 6) is 3.24. The molecule has 6 nitrogen and oxygen atoms in total. The molecule has 0 unspecified atom stereocenters. The number of aryl methyl sites for hydroxylation is 1. The van der Waals surface area contributed by atoms with Crippen molar-refractivity contribution in [2.45, 2.75) is 18.5 Å². The molecule has 0 saturated heterocycles. The minimum atomic E-state index is 0.635. The number of methoxy groups -OCH3 is 1. The third-order valence-corrected chi connectivity index (χ3v) is 5.61. The van der Waals surface area contributed by atoms with Gasteiger partial charge in [0.05, 0.1) is 13.7 Å². The number of nitrogens with zero attached hydrogens (tertiary/aromatic N) is 4. The Bertz CT molecular complexity index is 1110. The van der Waals surface area contributed by atoms with Crippen LogP contribution in [0.5, 0.6) is 11.5 Å². The first-order chi connectivity index (χ1) is 15.3. The zero-order valence-corrected chi connectivity index (χ0v) is 18.4. The summed E-state index contributed by atoms with van der Waals surface area (Å²) in [6.45, 7) is 2.61. The second kappa shape index (κ2) is 10.1.